The van der Waals surface area contributed by atoms with E-state index in [1.807, 2.05) is 12.3 Å². The molecule has 0 N–H and O–H groups in total. The van der Waals surface area contributed by atoms with Crippen LogP contribution in [0.3, 0.4) is 0 Å². The number of nitrogens with zero attached hydrogens (tertiary/aromatic N) is 2. The fraction of sp³-hybridized carbons (Fsp3) is 0.500. The molecule has 140 valence electrons. The SMILES string of the molecule is CC(C)c1ccc(OC(C)C(S)N2CCCC(c3ccccc3)C2)nc1. The highest BCUT2D eigenvalue weighted by Crippen LogP contribution is 2.29. The van der Waals surface area contributed by atoms with Crippen LogP contribution in [0.15, 0.2) is 48.7 Å². The van der Waals surface area contributed by atoms with Gasteiger partial charge in [-0.1, -0.05) is 50.2 Å². The summed E-state index contributed by atoms with van der Waals surface area (Å²) in [5.74, 6) is 1.74. The summed E-state index contributed by atoms with van der Waals surface area (Å²) in [7, 11) is 0. The molecular weight excluding hydrogens is 340 g/mol. The zero-order chi connectivity index (χ0) is 18.5. The molecular formula is C22H30N2OS. The quantitative estimate of drug-likeness (QED) is 0.716. The van der Waals surface area contributed by atoms with Crippen molar-refractivity contribution in [3.8, 4) is 5.88 Å². The molecule has 1 aromatic heterocycles. The van der Waals surface area contributed by atoms with E-state index >= 15 is 0 Å². The average Bonchev–Trinajstić information content (AvgIpc) is 2.68. The number of piperidine rings is 1. The van der Waals surface area contributed by atoms with Gasteiger partial charge in [0.2, 0.25) is 5.88 Å². The molecule has 2 heterocycles. The molecule has 0 spiro atoms. The van der Waals surface area contributed by atoms with Crippen LogP contribution in [0, 0.1) is 0 Å². The van der Waals surface area contributed by atoms with Gasteiger partial charge in [-0.25, -0.2) is 4.98 Å². The fourth-order valence-corrected chi connectivity index (χ4v) is 3.87. The lowest BCUT2D eigenvalue weighted by Gasteiger charge is -2.38. The first-order valence-corrected chi connectivity index (χ1v) is 10.2. The molecule has 3 unspecified atom stereocenters. The summed E-state index contributed by atoms with van der Waals surface area (Å²) in [6, 6.07) is 14.9. The summed E-state index contributed by atoms with van der Waals surface area (Å²) in [5.41, 5.74) is 2.66. The third kappa shape index (κ3) is 4.80. The van der Waals surface area contributed by atoms with Crippen molar-refractivity contribution in [1.29, 1.82) is 0 Å². The van der Waals surface area contributed by atoms with E-state index < -0.39 is 0 Å². The summed E-state index contributed by atoms with van der Waals surface area (Å²) in [6.07, 6.45) is 4.33. The first-order chi connectivity index (χ1) is 12.5. The van der Waals surface area contributed by atoms with Gasteiger partial charge in [-0.2, -0.15) is 12.6 Å². The molecule has 4 heteroatoms. The number of ether oxygens (including phenoxy) is 1. The van der Waals surface area contributed by atoms with Crippen LogP contribution in [0.2, 0.25) is 0 Å². The number of thiol groups is 1. The van der Waals surface area contributed by atoms with E-state index in [1.54, 1.807) is 0 Å². The largest absolute Gasteiger partial charge is 0.472 e. The molecule has 1 aromatic carbocycles. The van der Waals surface area contributed by atoms with Crippen LogP contribution < -0.4 is 4.74 Å². The lowest BCUT2D eigenvalue weighted by Crippen LogP contribution is -2.45. The minimum Gasteiger partial charge on any atom is -0.472 e. The Bertz CT molecular complexity index is 674. The second kappa shape index (κ2) is 8.92. The van der Waals surface area contributed by atoms with E-state index in [1.165, 1.54) is 24.0 Å². The van der Waals surface area contributed by atoms with Gasteiger partial charge in [-0.3, -0.25) is 4.90 Å². The van der Waals surface area contributed by atoms with Crippen molar-refractivity contribution in [2.75, 3.05) is 13.1 Å². The zero-order valence-electron chi connectivity index (χ0n) is 16.0. The van der Waals surface area contributed by atoms with E-state index in [4.69, 9.17) is 17.4 Å². The highest BCUT2D eigenvalue weighted by Gasteiger charge is 2.29. The zero-order valence-corrected chi connectivity index (χ0v) is 16.9. The fourth-order valence-electron chi connectivity index (χ4n) is 3.60. The van der Waals surface area contributed by atoms with Gasteiger partial charge in [-0.05, 0) is 49.3 Å². The van der Waals surface area contributed by atoms with Crippen molar-refractivity contribution in [1.82, 2.24) is 9.88 Å². The maximum Gasteiger partial charge on any atom is 0.213 e. The molecule has 1 saturated heterocycles. The van der Waals surface area contributed by atoms with Crippen molar-refractivity contribution in [2.24, 2.45) is 0 Å². The first kappa shape index (κ1) is 19.2. The van der Waals surface area contributed by atoms with Crippen molar-refractivity contribution in [3.05, 3.63) is 59.8 Å². The third-order valence-electron chi connectivity index (χ3n) is 5.25. The van der Waals surface area contributed by atoms with Crippen LogP contribution in [0.25, 0.3) is 0 Å². The smallest absolute Gasteiger partial charge is 0.213 e. The van der Waals surface area contributed by atoms with E-state index in [9.17, 15) is 0 Å². The summed E-state index contributed by atoms with van der Waals surface area (Å²) in [6.45, 7) is 8.53. The molecule has 1 aliphatic heterocycles. The van der Waals surface area contributed by atoms with Gasteiger partial charge in [0.15, 0.2) is 0 Å². The van der Waals surface area contributed by atoms with Gasteiger partial charge >= 0.3 is 0 Å². The number of benzene rings is 1. The molecule has 1 fully saturated rings. The maximum absolute atomic E-state index is 6.08. The summed E-state index contributed by atoms with van der Waals surface area (Å²) in [5, 5.41) is 0.0630. The van der Waals surface area contributed by atoms with Crippen molar-refractivity contribution >= 4 is 12.6 Å². The van der Waals surface area contributed by atoms with Crippen molar-refractivity contribution in [3.63, 3.8) is 0 Å². The number of hydrogen-bond donors (Lipinski definition) is 1. The van der Waals surface area contributed by atoms with Gasteiger partial charge in [0.25, 0.3) is 0 Å². The van der Waals surface area contributed by atoms with Crippen LogP contribution >= 0.6 is 12.6 Å². The normalized spacial score (nSPS) is 20.7. The second-order valence-corrected chi connectivity index (χ2v) is 8.09. The molecule has 1 aliphatic rings. The van der Waals surface area contributed by atoms with Gasteiger partial charge in [0, 0.05) is 18.8 Å². The Morgan fingerprint density at radius 1 is 1.12 bits per heavy atom. The molecule has 0 amide bonds. The molecule has 0 aliphatic carbocycles. The van der Waals surface area contributed by atoms with Gasteiger partial charge in [-0.15, -0.1) is 0 Å². The Hall–Kier alpha value is -1.52. The summed E-state index contributed by atoms with van der Waals surface area (Å²) in [4.78, 5) is 6.90. The van der Waals surface area contributed by atoms with Crippen LogP contribution in [-0.2, 0) is 0 Å². The van der Waals surface area contributed by atoms with Crippen LogP contribution in [0.4, 0.5) is 0 Å². The number of aromatic nitrogens is 1. The Labute approximate surface area is 163 Å². The topological polar surface area (TPSA) is 25.4 Å². The lowest BCUT2D eigenvalue weighted by atomic mass is 9.90. The molecule has 0 bridgehead atoms. The molecule has 3 atom stereocenters. The van der Waals surface area contributed by atoms with Gasteiger partial charge in [0.1, 0.15) is 6.10 Å². The monoisotopic (exact) mass is 370 g/mol. The maximum atomic E-state index is 6.08. The highest BCUT2D eigenvalue weighted by molar-refractivity contribution is 7.80. The Kier molecular flexibility index (Phi) is 6.60. The van der Waals surface area contributed by atoms with Crippen LogP contribution in [0.5, 0.6) is 5.88 Å². The van der Waals surface area contributed by atoms with E-state index in [-0.39, 0.29) is 11.5 Å². The Morgan fingerprint density at radius 3 is 2.54 bits per heavy atom. The minimum absolute atomic E-state index is 0.0229. The summed E-state index contributed by atoms with van der Waals surface area (Å²) < 4.78 is 6.08. The number of pyridine rings is 1. The Balaban J connectivity index is 1.59. The molecule has 0 saturated carbocycles. The van der Waals surface area contributed by atoms with E-state index in [2.05, 4.69) is 67.1 Å². The van der Waals surface area contributed by atoms with Crippen molar-refractivity contribution in [2.45, 2.75) is 56.9 Å². The molecule has 2 aromatic rings. The highest BCUT2D eigenvalue weighted by atomic mass is 32.1. The summed E-state index contributed by atoms with van der Waals surface area (Å²) >= 11 is 4.88. The average molecular weight is 371 g/mol. The number of rotatable bonds is 6. The lowest BCUT2D eigenvalue weighted by molar-refractivity contribution is 0.102. The van der Waals surface area contributed by atoms with E-state index in [0.29, 0.717) is 17.7 Å². The Morgan fingerprint density at radius 2 is 1.88 bits per heavy atom. The number of likely N-dealkylation sites (tertiary alicyclic amines) is 1. The van der Waals surface area contributed by atoms with E-state index in [0.717, 1.165) is 13.1 Å². The number of hydrogen-bond acceptors (Lipinski definition) is 4. The molecule has 0 radical (unpaired) electrons. The van der Waals surface area contributed by atoms with Crippen LogP contribution in [-0.4, -0.2) is 34.5 Å². The molecule has 3 nitrogen and oxygen atoms in total. The third-order valence-corrected chi connectivity index (χ3v) is 6.00. The molecule has 3 rings (SSSR count). The van der Waals surface area contributed by atoms with Gasteiger partial charge in [0.05, 0.1) is 5.37 Å². The second-order valence-electron chi connectivity index (χ2n) is 7.57. The van der Waals surface area contributed by atoms with Crippen molar-refractivity contribution < 1.29 is 4.74 Å². The minimum atomic E-state index is -0.0229. The predicted molar refractivity (Wildman–Crippen MR) is 111 cm³/mol. The first-order valence-electron chi connectivity index (χ1n) is 9.64. The van der Waals surface area contributed by atoms with Gasteiger partial charge < -0.3 is 4.74 Å². The standard InChI is InChI=1S/C22H30N2OS/c1-16(2)19-11-12-21(23-14-19)25-17(3)22(26)24-13-7-10-20(15-24)18-8-5-4-6-9-18/h4-6,8-9,11-12,14,16-17,20,22,26H,7,10,13,15H2,1-3H3. The van der Waals surface area contributed by atoms with Crippen LogP contribution in [0.1, 0.15) is 56.6 Å². The molecule has 26 heavy (non-hydrogen) atoms. The predicted octanol–water partition coefficient (Wildman–Crippen LogP) is 5.11.